The smallest absolute Gasteiger partial charge is 0.308 e. The van der Waals surface area contributed by atoms with Gasteiger partial charge in [0.15, 0.2) is 5.75 Å². The van der Waals surface area contributed by atoms with E-state index < -0.39 is 5.97 Å². The van der Waals surface area contributed by atoms with Gasteiger partial charge in [-0.3, -0.25) is 4.79 Å². The summed E-state index contributed by atoms with van der Waals surface area (Å²) in [7, 11) is 0. The number of hydrogen-bond donors (Lipinski definition) is 1. The van der Waals surface area contributed by atoms with E-state index in [-0.39, 0.29) is 16.5 Å². The number of phenolic OH excluding ortho intramolecular Hbond substituents is 1. The Labute approximate surface area is 93.8 Å². The molecule has 5 heteroatoms. The van der Waals surface area contributed by atoms with E-state index in [0.29, 0.717) is 0 Å². The van der Waals surface area contributed by atoms with Gasteiger partial charge in [-0.1, -0.05) is 11.6 Å². The van der Waals surface area contributed by atoms with Crippen molar-refractivity contribution in [3.05, 3.63) is 20.7 Å². The number of carbonyl (C=O) groups excluding carboxylic acids is 1. The lowest BCUT2D eigenvalue weighted by Gasteiger charge is -2.05. The summed E-state index contributed by atoms with van der Waals surface area (Å²) in [6.45, 7) is 1.27. The second-order valence-corrected chi connectivity index (χ2v) is 3.95. The predicted molar refractivity (Wildman–Crippen MR) is 57.1 cm³/mol. The fourth-order valence-corrected chi connectivity index (χ4v) is 1.51. The van der Waals surface area contributed by atoms with E-state index >= 15 is 0 Å². The van der Waals surface area contributed by atoms with Gasteiger partial charge in [-0.05, 0) is 34.7 Å². The Kier molecular flexibility index (Phi) is 3.38. The van der Waals surface area contributed by atoms with Crippen molar-refractivity contribution in [3.63, 3.8) is 0 Å². The molecule has 0 heterocycles. The van der Waals surface area contributed by atoms with Crippen LogP contribution in [0.2, 0.25) is 5.02 Å². The topological polar surface area (TPSA) is 46.5 Å². The van der Waals surface area contributed by atoms with E-state index in [0.717, 1.165) is 3.57 Å². The molecule has 0 aliphatic carbocycles. The first kappa shape index (κ1) is 10.6. The van der Waals surface area contributed by atoms with Gasteiger partial charge in [-0.2, -0.15) is 0 Å². The summed E-state index contributed by atoms with van der Waals surface area (Å²) in [5.74, 6) is -0.383. The van der Waals surface area contributed by atoms with Crippen molar-refractivity contribution < 1.29 is 14.6 Å². The van der Waals surface area contributed by atoms with Gasteiger partial charge in [-0.15, -0.1) is 0 Å². The lowest BCUT2D eigenvalue weighted by molar-refractivity contribution is -0.131. The van der Waals surface area contributed by atoms with E-state index in [1.165, 1.54) is 13.0 Å². The van der Waals surface area contributed by atoms with Crippen molar-refractivity contribution in [1.29, 1.82) is 0 Å². The molecule has 0 fully saturated rings. The maximum atomic E-state index is 10.6. The number of ether oxygens (including phenoxy) is 1. The quantitative estimate of drug-likeness (QED) is 0.492. The number of aromatic hydroxyl groups is 1. The predicted octanol–water partition coefficient (Wildman–Crippen LogP) is 2.58. The molecule has 0 spiro atoms. The Morgan fingerprint density at radius 2 is 2.23 bits per heavy atom. The molecule has 1 aromatic rings. The van der Waals surface area contributed by atoms with Crippen molar-refractivity contribution in [2.24, 2.45) is 0 Å². The van der Waals surface area contributed by atoms with E-state index in [1.54, 1.807) is 6.07 Å². The van der Waals surface area contributed by atoms with E-state index in [4.69, 9.17) is 16.3 Å². The molecule has 0 unspecified atom stereocenters. The molecule has 1 aromatic carbocycles. The zero-order valence-electron chi connectivity index (χ0n) is 6.67. The summed E-state index contributed by atoms with van der Waals surface area (Å²) in [5.41, 5.74) is 0. The maximum absolute atomic E-state index is 10.6. The van der Waals surface area contributed by atoms with Crippen LogP contribution in [0.3, 0.4) is 0 Å². The molecule has 0 bridgehead atoms. The van der Waals surface area contributed by atoms with Crippen molar-refractivity contribution >= 4 is 40.2 Å². The van der Waals surface area contributed by atoms with Crippen LogP contribution in [-0.2, 0) is 4.79 Å². The fourth-order valence-electron chi connectivity index (χ4n) is 0.780. The highest BCUT2D eigenvalue weighted by Gasteiger charge is 2.10. The first-order valence-electron chi connectivity index (χ1n) is 3.37. The third-order valence-electron chi connectivity index (χ3n) is 1.24. The summed E-state index contributed by atoms with van der Waals surface area (Å²) in [6, 6.07) is 3.06. The summed E-state index contributed by atoms with van der Waals surface area (Å²) in [5, 5.41) is 9.32. The maximum Gasteiger partial charge on any atom is 0.308 e. The zero-order chi connectivity index (χ0) is 10.0. The van der Waals surface area contributed by atoms with Crippen molar-refractivity contribution in [1.82, 2.24) is 0 Å². The Morgan fingerprint density at radius 1 is 1.62 bits per heavy atom. The monoisotopic (exact) mass is 312 g/mol. The standard InChI is InChI=1S/C8H6ClIO3/c1-4(11)13-7-3-5(10)2-6(12)8(7)9/h2-3,12H,1H3. The van der Waals surface area contributed by atoms with Crippen LogP contribution >= 0.6 is 34.2 Å². The van der Waals surface area contributed by atoms with Crippen LogP contribution in [-0.4, -0.2) is 11.1 Å². The van der Waals surface area contributed by atoms with Crippen LogP contribution in [0.5, 0.6) is 11.5 Å². The second-order valence-electron chi connectivity index (χ2n) is 2.33. The first-order chi connectivity index (χ1) is 6.00. The number of esters is 1. The molecule has 0 amide bonds. The first-order valence-corrected chi connectivity index (χ1v) is 4.83. The summed E-state index contributed by atoms with van der Waals surface area (Å²) in [4.78, 5) is 10.6. The molecule has 0 saturated heterocycles. The lowest BCUT2D eigenvalue weighted by Crippen LogP contribution is -2.02. The Hall–Kier alpha value is -0.490. The van der Waals surface area contributed by atoms with Crippen LogP contribution in [0, 0.1) is 3.57 Å². The minimum absolute atomic E-state index is 0.0515. The van der Waals surface area contributed by atoms with E-state index in [9.17, 15) is 9.90 Å². The van der Waals surface area contributed by atoms with E-state index in [1.807, 2.05) is 22.6 Å². The van der Waals surface area contributed by atoms with E-state index in [2.05, 4.69) is 0 Å². The third-order valence-corrected chi connectivity index (χ3v) is 2.24. The molecular weight excluding hydrogens is 306 g/mol. The molecule has 1 rings (SSSR count). The molecule has 0 atom stereocenters. The molecule has 1 N–H and O–H groups in total. The lowest BCUT2D eigenvalue weighted by atomic mass is 10.3. The van der Waals surface area contributed by atoms with Gasteiger partial charge < -0.3 is 9.84 Å². The highest BCUT2D eigenvalue weighted by atomic mass is 127. The number of carbonyl (C=O) groups is 1. The highest BCUT2D eigenvalue weighted by Crippen LogP contribution is 2.35. The molecule has 0 aromatic heterocycles. The highest BCUT2D eigenvalue weighted by molar-refractivity contribution is 14.1. The molecule has 0 saturated carbocycles. The number of hydrogen-bond acceptors (Lipinski definition) is 3. The van der Waals surface area contributed by atoms with Gasteiger partial charge in [-0.25, -0.2) is 0 Å². The Morgan fingerprint density at radius 3 is 2.77 bits per heavy atom. The van der Waals surface area contributed by atoms with Crippen LogP contribution in [0.4, 0.5) is 0 Å². The van der Waals surface area contributed by atoms with Gasteiger partial charge in [0.25, 0.3) is 0 Å². The minimum Gasteiger partial charge on any atom is -0.506 e. The number of halogens is 2. The number of rotatable bonds is 1. The minimum atomic E-state index is -0.469. The van der Waals surface area contributed by atoms with Gasteiger partial charge in [0.05, 0.1) is 0 Å². The van der Waals surface area contributed by atoms with Gasteiger partial charge in [0, 0.05) is 10.5 Å². The molecule has 70 valence electrons. The molecular formula is C8H6ClIO3. The SMILES string of the molecule is CC(=O)Oc1cc(I)cc(O)c1Cl. The van der Waals surface area contributed by atoms with Crippen LogP contribution in [0.15, 0.2) is 12.1 Å². The molecule has 0 aliphatic rings. The average molecular weight is 312 g/mol. The van der Waals surface area contributed by atoms with Crippen LogP contribution < -0.4 is 4.74 Å². The van der Waals surface area contributed by atoms with Crippen molar-refractivity contribution in [3.8, 4) is 11.5 Å². The second kappa shape index (κ2) is 4.15. The fraction of sp³-hybridized carbons (Fsp3) is 0.125. The average Bonchev–Trinajstić information content (AvgIpc) is 1.98. The van der Waals surface area contributed by atoms with Crippen molar-refractivity contribution in [2.45, 2.75) is 6.92 Å². The summed E-state index contributed by atoms with van der Waals surface area (Å²) in [6.07, 6.45) is 0. The third kappa shape index (κ3) is 2.73. The Bertz CT molecular complexity index is 351. The van der Waals surface area contributed by atoms with Crippen LogP contribution in [0.25, 0.3) is 0 Å². The zero-order valence-corrected chi connectivity index (χ0v) is 9.59. The Balaban J connectivity index is 3.12. The van der Waals surface area contributed by atoms with Gasteiger partial charge in [0.2, 0.25) is 0 Å². The molecule has 3 nitrogen and oxygen atoms in total. The summed E-state index contributed by atoms with van der Waals surface area (Å²) < 4.78 is 5.52. The molecule has 0 aliphatic heterocycles. The van der Waals surface area contributed by atoms with Gasteiger partial charge >= 0.3 is 5.97 Å². The number of phenols is 1. The van der Waals surface area contributed by atoms with Crippen molar-refractivity contribution in [2.75, 3.05) is 0 Å². The molecule has 13 heavy (non-hydrogen) atoms. The number of benzene rings is 1. The van der Waals surface area contributed by atoms with Gasteiger partial charge in [0.1, 0.15) is 10.8 Å². The largest absolute Gasteiger partial charge is 0.506 e. The van der Waals surface area contributed by atoms with Crippen LogP contribution in [0.1, 0.15) is 6.92 Å². The normalized spacial score (nSPS) is 9.77. The molecule has 0 radical (unpaired) electrons. The summed E-state index contributed by atoms with van der Waals surface area (Å²) >= 11 is 7.66.